The summed E-state index contributed by atoms with van der Waals surface area (Å²) in [6.45, 7) is 8.49. The maximum atomic E-state index is 11.4. The van der Waals surface area contributed by atoms with Gasteiger partial charge in [-0.3, -0.25) is 4.79 Å². The van der Waals surface area contributed by atoms with Crippen molar-refractivity contribution in [3.63, 3.8) is 0 Å². The normalized spacial score (nSPS) is 10.4. The van der Waals surface area contributed by atoms with E-state index in [0.717, 1.165) is 22.6 Å². The second kappa shape index (κ2) is 7.12. The van der Waals surface area contributed by atoms with Gasteiger partial charge in [-0.15, -0.1) is 0 Å². The number of carbonyl (C=O) groups is 1. The summed E-state index contributed by atoms with van der Waals surface area (Å²) in [5.74, 6) is 1.66. The summed E-state index contributed by atoms with van der Waals surface area (Å²) in [5.41, 5.74) is 3.96. The van der Waals surface area contributed by atoms with E-state index in [4.69, 9.17) is 9.47 Å². The predicted molar refractivity (Wildman–Crippen MR) is 88.1 cm³/mol. The van der Waals surface area contributed by atoms with Crippen molar-refractivity contribution in [3.8, 4) is 11.5 Å². The van der Waals surface area contributed by atoms with Crippen molar-refractivity contribution in [1.82, 2.24) is 0 Å². The second-order valence-electron chi connectivity index (χ2n) is 5.50. The lowest BCUT2D eigenvalue weighted by atomic mass is 10.1. The summed E-state index contributed by atoms with van der Waals surface area (Å²) < 4.78 is 11.5. The van der Waals surface area contributed by atoms with E-state index in [2.05, 4.69) is 6.07 Å². The van der Waals surface area contributed by atoms with Crippen LogP contribution in [0.2, 0.25) is 0 Å². The first-order valence-electron chi connectivity index (χ1n) is 7.42. The Bertz CT molecular complexity index is 674. The molecule has 3 nitrogen and oxygen atoms in total. The fourth-order valence-electron chi connectivity index (χ4n) is 2.14. The lowest BCUT2D eigenvalue weighted by molar-refractivity contribution is 0.101. The molecule has 0 atom stereocenters. The zero-order chi connectivity index (χ0) is 16.1. The Morgan fingerprint density at radius 3 is 2.00 bits per heavy atom. The smallest absolute Gasteiger partial charge is 0.159 e. The highest BCUT2D eigenvalue weighted by Crippen LogP contribution is 2.21. The molecule has 0 aliphatic rings. The fourth-order valence-corrected chi connectivity index (χ4v) is 2.14. The van der Waals surface area contributed by atoms with Gasteiger partial charge in [0.1, 0.15) is 24.7 Å². The summed E-state index contributed by atoms with van der Waals surface area (Å²) in [5, 5.41) is 0. The van der Waals surface area contributed by atoms with Gasteiger partial charge in [0.25, 0.3) is 0 Å². The zero-order valence-corrected chi connectivity index (χ0v) is 13.6. The Labute approximate surface area is 131 Å². The molecule has 0 saturated heterocycles. The molecule has 2 aromatic rings. The van der Waals surface area contributed by atoms with E-state index in [1.54, 1.807) is 13.0 Å². The maximum absolute atomic E-state index is 11.4. The highest BCUT2D eigenvalue weighted by Gasteiger charge is 2.05. The fraction of sp³-hybridized carbons (Fsp3) is 0.316. The van der Waals surface area contributed by atoms with Crippen molar-refractivity contribution in [3.05, 3.63) is 58.7 Å². The number of benzene rings is 2. The van der Waals surface area contributed by atoms with Gasteiger partial charge in [-0.2, -0.15) is 0 Å². The number of carbonyl (C=O) groups excluding carboxylic acids is 1. The predicted octanol–water partition coefficient (Wildman–Crippen LogP) is 4.27. The standard InChI is InChI=1S/C19H22O3/c1-13-5-6-14(2)18(11-13)21-9-10-22-19-12-17(16(4)20)8-7-15(19)3/h5-8,11-12H,9-10H2,1-4H3. The molecule has 2 rings (SSSR count). The first-order valence-corrected chi connectivity index (χ1v) is 7.42. The number of ketones is 1. The molecule has 0 N–H and O–H groups in total. The number of hydrogen-bond donors (Lipinski definition) is 0. The Hall–Kier alpha value is -2.29. The molecule has 0 bridgehead atoms. The minimum atomic E-state index is 0.0384. The van der Waals surface area contributed by atoms with E-state index in [1.165, 1.54) is 5.56 Å². The molecule has 0 unspecified atom stereocenters. The van der Waals surface area contributed by atoms with Crippen molar-refractivity contribution in [2.24, 2.45) is 0 Å². The van der Waals surface area contributed by atoms with Crippen LogP contribution in [-0.2, 0) is 0 Å². The van der Waals surface area contributed by atoms with Gasteiger partial charge in [0.05, 0.1) is 0 Å². The van der Waals surface area contributed by atoms with Gasteiger partial charge in [0.2, 0.25) is 0 Å². The van der Waals surface area contributed by atoms with Crippen molar-refractivity contribution < 1.29 is 14.3 Å². The largest absolute Gasteiger partial charge is 0.490 e. The van der Waals surface area contributed by atoms with Crippen molar-refractivity contribution >= 4 is 5.78 Å². The van der Waals surface area contributed by atoms with E-state index in [9.17, 15) is 4.79 Å². The molecule has 2 aromatic carbocycles. The van der Waals surface area contributed by atoms with E-state index in [1.807, 2.05) is 45.0 Å². The molecule has 0 aliphatic carbocycles. The van der Waals surface area contributed by atoms with Crippen molar-refractivity contribution in [2.75, 3.05) is 13.2 Å². The minimum Gasteiger partial charge on any atom is -0.490 e. The van der Waals surface area contributed by atoms with E-state index < -0.39 is 0 Å². The van der Waals surface area contributed by atoms with Crippen LogP contribution in [0.15, 0.2) is 36.4 Å². The van der Waals surface area contributed by atoms with Crippen LogP contribution in [0.1, 0.15) is 34.0 Å². The third-order valence-corrected chi connectivity index (χ3v) is 3.54. The minimum absolute atomic E-state index is 0.0384. The number of aryl methyl sites for hydroxylation is 3. The summed E-state index contributed by atoms with van der Waals surface area (Å²) in [6, 6.07) is 11.6. The molecular weight excluding hydrogens is 276 g/mol. The average molecular weight is 298 g/mol. The molecular formula is C19H22O3. The SMILES string of the molecule is CC(=O)c1ccc(C)c(OCCOc2cc(C)ccc2C)c1. The van der Waals surface area contributed by atoms with Crippen LogP contribution >= 0.6 is 0 Å². The summed E-state index contributed by atoms with van der Waals surface area (Å²) in [7, 11) is 0. The van der Waals surface area contributed by atoms with E-state index in [-0.39, 0.29) is 5.78 Å². The molecule has 3 heteroatoms. The molecule has 0 heterocycles. The van der Waals surface area contributed by atoms with Gasteiger partial charge >= 0.3 is 0 Å². The topological polar surface area (TPSA) is 35.5 Å². The van der Waals surface area contributed by atoms with Crippen LogP contribution in [-0.4, -0.2) is 19.0 Å². The highest BCUT2D eigenvalue weighted by atomic mass is 16.5. The molecule has 0 amide bonds. The molecule has 0 aromatic heterocycles. The molecule has 116 valence electrons. The average Bonchev–Trinajstić information content (AvgIpc) is 2.48. The quantitative estimate of drug-likeness (QED) is 0.590. The van der Waals surface area contributed by atoms with Crippen molar-refractivity contribution in [1.29, 1.82) is 0 Å². The third-order valence-electron chi connectivity index (χ3n) is 3.54. The zero-order valence-electron chi connectivity index (χ0n) is 13.6. The first kappa shape index (κ1) is 16.1. The number of Topliss-reactive ketones (excluding diaryl/α,β-unsaturated/α-hetero) is 1. The van der Waals surface area contributed by atoms with Gasteiger partial charge in [0.15, 0.2) is 5.78 Å². The van der Waals surface area contributed by atoms with Gasteiger partial charge < -0.3 is 9.47 Å². The van der Waals surface area contributed by atoms with Crippen LogP contribution in [0.5, 0.6) is 11.5 Å². The van der Waals surface area contributed by atoms with E-state index >= 15 is 0 Å². The summed E-state index contributed by atoms with van der Waals surface area (Å²) >= 11 is 0. The Balaban J connectivity index is 1.92. The number of ether oxygens (including phenoxy) is 2. The number of rotatable bonds is 6. The van der Waals surface area contributed by atoms with Crippen LogP contribution in [0, 0.1) is 20.8 Å². The monoisotopic (exact) mass is 298 g/mol. The lowest BCUT2D eigenvalue weighted by Gasteiger charge is -2.12. The van der Waals surface area contributed by atoms with Gasteiger partial charge in [-0.1, -0.05) is 24.3 Å². The summed E-state index contributed by atoms with van der Waals surface area (Å²) in [6.07, 6.45) is 0. The van der Waals surface area contributed by atoms with Crippen LogP contribution in [0.3, 0.4) is 0 Å². The molecule has 0 radical (unpaired) electrons. The maximum Gasteiger partial charge on any atom is 0.159 e. The first-order chi connectivity index (χ1) is 10.5. The molecule has 0 aliphatic heterocycles. The van der Waals surface area contributed by atoms with Gasteiger partial charge in [0, 0.05) is 5.56 Å². The van der Waals surface area contributed by atoms with Gasteiger partial charge in [-0.25, -0.2) is 0 Å². The lowest BCUT2D eigenvalue weighted by Crippen LogP contribution is -2.10. The number of hydrogen-bond acceptors (Lipinski definition) is 3. The molecule has 0 saturated carbocycles. The van der Waals surface area contributed by atoms with E-state index in [0.29, 0.717) is 18.8 Å². The van der Waals surface area contributed by atoms with Crippen LogP contribution < -0.4 is 9.47 Å². The Morgan fingerprint density at radius 2 is 1.41 bits per heavy atom. The molecule has 22 heavy (non-hydrogen) atoms. The Kier molecular flexibility index (Phi) is 5.21. The van der Waals surface area contributed by atoms with Gasteiger partial charge in [-0.05, 0) is 56.5 Å². The molecule has 0 spiro atoms. The summed E-state index contributed by atoms with van der Waals surface area (Å²) in [4.78, 5) is 11.4. The Morgan fingerprint density at radius 1 is 0.864 bits per heavy atom. The highest BCUT2D eigenvalue weighted by molar-refractivity contribution is 5.94. The molecule has 0 fully saturated rings. The van der Waals surface area contributed by atoms with Crippen molar-refractivity contribution in [2.45, 2.75) is 27.7 Å². The third kappa shape index (κ3) is 4.10. The van der Waals surface area contributed by atoms with Crippen LogP contribution in [0.25, 0.3) is 0 Å². The second-order valence-corrected chi connectivity index (χ2v) is 5.50. The van der Waals surface area contributed by atoms with Crippen LogP contribution in [0.4, 0.5) is 0 Å².